The molecule has 6 rings (SSSR count). The van der Waals surface area contributed by atoms with Crippen LogP contribution in [-0.4, -0.2) is 58.2 Å². The summed E-state index contributed by atoms with van der Waals surface area (Å²) in [6.45, 7) is 5.40. The Balaban J connectivity index is 1.29. The van der Waals surface area contributed by atoms with Crippen molar-refractivity contribution in [1.82, 2.24) is 24.9 Å². The molecule has 41 heavy (non-hydrogen) atoms. The highest BCUT2D eigenvalue weighted by atomic mass is 16.6. The van der Waals surface area contributed by atoms with Crippen molar-refractivity contribution >= 4 is 28.6 Å². The zero-order valence-electron chi connectivity index (χ0n) is 23.4. The van der Waals surface area contributed by atoms with E-state index in [1.165, 1.54) is 30.6 Å². The Morgan fingerprint density at radius 3 is 2.61 bits per heavy atom. The van der Waals surface area contributed by atoms with Gasteiger partial charge >= 0.3 is 0 Å². The summed E-state index contributed by atoms with van der Waals surface area (Å²) < 4.78 is 7.97. The van der Waals surface area contributed by atoms with Crippen molar-refractivity contribution in [3.8, 4) is 11.4 Å². The summed E-state index contributed by atoms with van der Waals surface area (Å²) in [7, 11) is 1.33. The molecule has 0 saturated carbocycles. The predicted molar refractivity (Wildman–Crippen MR) is 157 cm³/mol. The maximum absolute atomic E-state index is 13.3. The van der Waals surface area contributed by atoms with E-state index in [0.717, 1.165) is 68.9 Å². The van der Waals surface area contributed by atoms with Gasteiger partial charge in [-0.3, -0.25) is 14.4 Å². The number of hydroxylamine groups is 1. The first-order chi connectivity index (χ1) is 20.0. The van der Waals surface area contributed by atoms with Gasteiger partial charge in [0.15, 0.2) is 5.65 Å². The topological polar surface area (TPSA) is 111 Å². The van der Waals surface area contributed by atoms with Crippen molar-refractivity contribution < 1.29 is 14.4 Å². The molecule has 2 N–H and O–H groups in total. The Bertz CT molecular complexity index is 1630. The zero-order chi connectivity index (χ0) is 28.3. The van der Waals surface area contributed by atoms with Crippen LogP contribution in [0.3, 0.4) is 0 Å². The number of hydrogen-bond acceptors (Lipinski definition) is 8. The molecule has 1 aliphatic carbocycles. The molecule has 0 atom stereocenters. The Labute approximate surface area is 238 Å². The number of fused-ring (bicyclic) bond motifs is 2. The van der Waals surface area contributed by atoms with E-state index in [0.29, 0.717) is 11.6 Å². The van der Waals surface area contributed by atoms with Gasteiger partial charge in [0.2, 0.25) is 11.4 Å². The lowest BCUT2D eigenvalue weighted by molar-refractivity contribution is 0.0536. The molecule has 2 aromatic carbocycles. The fourth-order valence-electron chi connectivity index (χ4n) is 5.67. The third-order valence-electron chi connectivity index (χ3n) is 7.94. The lowest BCUT2D eigenvalue weighted by atomic mass is 10.1. The maximum Gasteiger partial charge on any atom is 0.280 e. The molecule has 4 aromatic rings. The smallest absolute Gasteiger partial charge is 0.280 e. The van der Waals surface area contributed by atoms with Crippen LogP contribution in [0, 0.1) is 0 Å². The number of ether oxygens (including phenoxy) is 1. The Hall–Kier alpha value is -4.28. The number of nitrogens with one attached hydrogen (secondary N) is 2. The molecule has 2 aliphatic rings. The van der Waals surface area contributed by atoms with E-state index in [4.69, 9.17) is 14.6 Å². The van der Waals surface area contributed by atoms with Crippen LogP contribution in [0.1, 0.15) is 47.7 Å². The number of aryl methyl sites for hydroxylation is 2. The SMILES string of the molecule is CCN1CCC(Oc2ccc(Nc3ncc4c(=O)c(C(=O)NOC)cn(-c5ccc6c(c5)CCC6)c4n3)cc2)CC1. The normalized spacial score (nSPS) is 15.6. The predicted octanol–water partition coefficient (Wildman–Crippen LogP) is 4.17. The van der Waals surface area contributed by atoms with Gasteiger partial charge in [-0.05, 0) is 86.2 Å². The molecule has 0 spiro atoms. The van der Waals surface area contributed by atoms with Crippen molar-refractivity contribution in [3.05, 3.63) is 81.8 Å². The number of piperidine rings is 1. The third-order valence-corrected chi connectivity index (χ3v) is 7.94. The second kappa shape index (κ2) is 11.7. The summed E-state index contributed by atoms with van der Waals surface area (Å²) in [6, 6.07) is 13.9. The Morgan fingerprint density at radius 2 is 1.85 bits per heavy atom. The molecular formula is C31H34N6O4. The molecule has 10 nitrogen and oxygen atoms in total. The van der Waals surface area contributed by atoms with E-state index >= 15 is 0 Å². The summed E-state index contributed by atoms with van der Waals surface area (Å²) in [5.74, 6) is 0.536. The van der Waals surface area contributed by atoms with Crippen LogP contribution < -0.4 is 21.0 Å². The van der Waals surface area contributed by atoms with E-state index in [9.17, 15) is 9.59 Å². The fraction of sp³-hybridized carbons (Fsp3) is 0.355. The Morgan fingerprint density at radius 1 is 1.07 bits per heavy atom. The third kappa shape index (κ3) is 5.66. The highest BCUT2D eigenvalue weighted by Gasteiger charge is 2.21. The van der Waals surface area contributed by atoms with Gasteiger partial charge in [-0.15, -0.1) is 0 Å². The number of benzene rings is 2. The number of rotatable bonds is 8. The van der Waals surface area contributed by atoms with Gasteiger partial charge in [-0.1, -0.05) is 13.0 Å². The number of amides is 1. The number of aromatic nitrogens is 3. The van der Waals surface area contributed by atoms with Gasteiger partial charge in [-0.2, -0.15) is 4.98 Å². The minimum atomic E-state index is -0.630. The van der Waals surface area contributed by atoms with E-state index in [-0.39, 0.29) is 17.1 Å². The van der Waals surface area contributed by atoms with Crippen molar-refractivity contribution in [3.63, 3.8) is 0 Å². The number of carbonyl (C=O) groups excluding carboxylic acids is 1. The number of nitrogens with zero attached hydrogens (tertiary/aromatic N) is 4. The monoisotopic (exact) mass is 554 g/mol. The van der Waals surface area contributed by atoms with E-state index in [1.54, 1.807) is 4.57 Å². The van der Waals surface area contributed by atoms with E-state index < -0.39 is 11.3 Å². The van der Waals surface area contributed by atoms with Crippen molar-refractivity contribution in [2.45, 2.75) is 45.1 Å². The molecule has 1 saturated heterocycles. The van der Waals surface area contributed by atoms with Crippen molar-refractivity contribution in [2.24, 2.45) is 0 Å². The van der Waals surface area contributed by atoms with Crippen molar-refractivity contribution in [2.75, 3.05) is 32.1 Å². The number of pyridine rings is 1. The number of likely N-dealkylation sites (tertiary alicyclic amines) is 1. The second-order valence-corrected chi connectivity index (χ2v) is 10.5. The molecule has 10 heteroatoms. The van der Waals surface area contributed by atoms with Gasteiger partial charge in [0.25, 0.3) is 5.91 Å². The minimum Gasteiger partial charge on any atom is -0.490 e. The molecule has 0 radical (unpaired) electrons. The van der Waals surface area contributed by atoms with Crippen LogP contribution in [0.5, 0.6) is 5.75 Å². The van der Waals surface area contributed by atoms with Crippen LogP contribution in [0.2, 0.25) is 0 Å². The zero-order valence-corrected chi connectivity index (χ0v) is 23.4. The summed E-state index contributed by atoms with van der Waals surface area (Å²) in [5.41, 5.74) is 6.33. The molecule has 212 valence electrons. The van der Waals surface area contributed by atoms with E-state index in [1.807, 2.05) is 30.3 Å². The van der Waals surface area contributed by atoms with Gasteiger partial charge in [0.1, 0.15) is 17.4 Å². The maximum atomic E-state index is 13.3. The lowest BCUT2D eigenvalue weighted by Gasteiger charge is -2.31. The molecule has 1 fully saturated rings. The first-order valence-electron chi connectivity index (χ1n) is 14.2. The lowest BCUT2D eigenvalue weighted by Crippen LogP contribution is -2.37. The summed E-state index contributed by atoms with van der Waals surface area (Å²) in [5, 5.41) is 3.47. The van der Waals surface area contributed by atoms with Crippen LogP contribution in [0.15, 0.2) is 59.7 Å². The first-order valence-corrected chi connectivity index (χ1v) is 14.2. The fourth-order valence-corrected chi connectivity index (χ4v) is 5.67. The summed E-state index contributed by atoms with van der Waals surface area (Å²) in [6.07, 6.45) is 8.43. The van der Waals surface area contributed by atoms with Gasteiger partial charge in [0, 0.05) is 36.9 Å². The molecule has 0 unspecified atom stereocenters. The molecule has 1 aliphatic heterocycles. The minimum absolute atomic E-state index is 0.0554. The van der Waals surface area contributed by atoms with E-state index in [2.05, 4.69) is 39.7 Å². The number of anilines is 2. The summed E-state index contributed by atoms with van der Waals surface area (Å²) in [4.78, 5) is 42.3. The summed E-state index contributed by atoms with van der Waals surface area (Å²) >= 11 is 0. The highest BCUT2D eigenvalue weighted by Crippen LogP contribution is 2.27. The van der Waals surface area contributed by atoms with Gasteiger partial charge in [0.05, 0.1) is 12.5 Å². The molecule has 3 heterocycles. The largest absolute Gasteiger partial charge is 0.490 e. The number of carbonyl (C=O) groups is 1. The van der Waals surface area contributed by atoms with Crippen molar-refractivity contribution in [1.29, 1.82) is 0 Å². The standard InChI is InChI=1S/C31H34N6O4/c1-3-36-15-13-25(14-16-36)41-24-11-8-22(9-12-24)33-31-32-18-26-28(38)27(30(39)35-40-2)19-37(29(26)34-31)23-10-7-20-5-4-6-21(20)17-23/h7-12,17-19,25H,3-6,13-16H2,1-2H3,(H,35,39)(H,32,33,34). The first kappa shape index (κ1) is 26.9. The molecule has 2 aromatic heterocycles. The van der Waals surface area contributed by atoms with Gasteiger partial charge in [-0.25, -0.2) is 10.5 Å². The van der Waals surface area contributed by atoms with Crippen LogP contribution in [0.4, 0.5) is 11.6 Å². The molecular weight excluding hydrogens is 520 g/mol. The second-order valence-electron chi connectivity index (χ2n) is 10.5. The molecule has 0 bridgehead atoms. The Kier molecular flexibility index (Phi) is 7.67. The highest BCUT2D eigenvalue weighted by molar-refractivity contribution is 5.96. The van der Waals surface area contributed by atoms with Crippen LogP contribution in [0.25, 0.3) is 16.7 Å². The average Bonchev–Trinajstić information content (AvgIpc) is 3.47. The molecule has 1 amide bonds. The van der Waals surface area contributed by atoms with Crippen LogP contribution >= 0.6 is 0 Å². The number of hydrogen-bond donors (Lipinski definition) is 2. The average molecular weight is 555 g/mol. The van der Waals surface area contributed by atoms with Gasteiger partial charge < -0.3 is 19.5 Å². The van der Waals surface area contributed by atoms with Crippen LogP contribution in [-0.2, 0) is 17.7 Å². The quantitative estimate of drug-likeness (QED) is 0.313.